The largest absolute Gasteiger partial charge is 0.489 e. The van der Waals surface area contributed by atoms with Crippen molar-refractivity contribution in [1.82, 2.24) is 15.3 Å². The van der Waals surface area contributed by atoms with Gasteiger partial charge in [0.25, 0.3) is 0 Å². The number of hydrogen-bond donors (Lipinski definition) is 2. The van der Waals surface area contributed by atoms with Crippen LogP contribution < -0.4 is 20.3 Å². The Morgan fingerprint density at radius 1 is 1.13 bits per heavy atom. The van der Waals surface area contributed by atoms with E-state index in [-0.39, 0.29) is 11.6 Å². The molecule has 2 aromatic heterocycles. The van der Waals surface area contributed by atoms with Crippen LogP contribution in [-0.2, 0) is 29.5 Å². The minimum Gasteiger partial charge on any atom is -0.489 e. The number of aromatic nitrogens is 2. The van der Waals surface area contributed by atoms with Gasteiger partial charge in [0.05, 0.1) is 30.4 Å². The Bertz CT molecular complexity index is 1570. The molecule has 0 saturated carbocycles. The zero-order valence-corrected chi connectivity index (χ0v) is 22.9. The first kappa shape index (κ1) is 26.8. The Balaban J connectivity index is 1.20. The van der Waals surface area contributed by atoms with Crippen LogP contribution in [0.15, 0.2) is 73.3 Å². The zero-order valence-electron chi connectivity index (χ0n) is 21.3. The van der Waals surface area contributed by atoms with E-state index in [2.05, 4.69) is 25.5 Å². The maximum absolute atomic E-state index is 13.4. The van der Waals surface area contributed by atoms with Gasteiger partial charge in [0.2, 0.25) is 0 Å². The van der Waals surface area contributed by atoms with Crippen molar-refractivity contribution in [3.8, 4) is 5.75 Å². The molecule has 0 radical (unpaired) electrons. The molecule has 2 N–H and O–H groups in total. The number of hydrogen-bond acceptors (Lipinski definition) is 9. The highest BCUT2D eigenvalue weighted by Crippen LogP contribution is 2.33. The van der Waals surface area contributed by atoms with Gasteiger partial charge in [-0.05, 0) is 48.0 Å². The topological polar surface area (TPSA) is 96.5 Å². The van der Waals surface area contributed by atoms with E-state index in [4.69, 9.17) is 4.74 Å². The molecule has 1 aliphatic rings. The highest BCUT2D eigenvalue weighted by atomic mass is 32.2. The fourth-order valence-electron chi connectivity index (χ4n) is 4.03. The van der Waals surface area contributed by atoms with E-state index in [0.29, 0.717) is 32.0 Å². The lowest BCUT2D eigenvalue weighted by atomic mass is 10.0. The Morgan fingerprint density at radius 3 is 2.77 bits per heavy atom. The van der Waals surface area contributed by atoms with Crippen LogP contribution in [0.4, 0.5) is 20.8 Å². The fourth-order valence-corrected chi connectivity index (χ4v) is 5.41. The third kappa shape index (κ3) is 7.41. The smallest absolute Gasteiger partial charge is 0.148 e. The molecule has 2 aromatic carbocycles. The number of rotatable bonds is 11. The molecule has 1 aliphatic heterocycles. The molecule has 39 heavy (non-hydrogen) atoms. The van der Waals surface area contributed by atoms with E-state index in [1.807, 2.05) is 61.2 Å². The summed E-state index contributed by atoms with van der Waals surface area (Å²) in [6.07, 6.45) is 10.8. The van der Waals surface area contributed by atoms with Gasteiger partial charge in [0.15, 0.2) is 0 Å². The van der Waals surface area contributed by atoms with Gasteiger partial charge in [0.1, 0.15) is 38.0 Å². The van der Waals surface area contributed by atoms with Crippen LogP contribution in [0.2, 0.25) is 0 Å². The second kappa shape index (κ2) is 11.9. The molecule has 0 atom stereocenters. The summed E-state index contributed by atoms with van der Waals surface area (Å²) >= 11 is 1.57. The predicted octanol–water partition coefficient (Wildman–Crippen LogP) is 5.12. The number of halogens is 1. The Morgan fingerprint density at radius 2 is 1.97 bits per heavy atom. The summed E-state index contributed by atoms with van der Waals surface area (Å²) in [5.41, 5.74) is 4.72. The van der Waals surface area contributed by atoms with Crippen LogP contribution in [0.3, 0.4) is 0 Å². The van der Waals surface area contributed by atoms with E-state index in [0.717, 1.165) is 38.1 Å². The lowest BCUT2D eigenvalue weighted by Gasteiger charge is -2.25. The molecule has 5 rings (SSSR count). The molecule has 3 heterocycles. The first-order valence-electron chi connectivity index (χ1n) is 12.3. The van der Waals surface area contributed by atoms with Crippen LogP contribution in [0.5, 0.6) is 5.75 Å². The summed E-state index contributed by atoms with van der Waals surface area (Å²) in [6.45, 7) is 1.85. The van der Waals surface area contributed by atoms with Crippen molar-refractivity contribution in [2.45, 2.75) is 19.7 Å². The van der Waals surface area contributed by atoms with Crippen molar-refractivity contribution in [3.05, 3.63) is 101 Å². The fraction of sp³-hybridized carbons (Fsp3) is 0.214. The van der Waals surface area contributed by atoms with Gasteiger partial charge in [-0.2, -0.15) is 0 Å². The van der Waals surface area contributed by atoms with E-state index in [1.165, 1.54) is 18.4 Å². The Kier molecular flexibility index (Phi) is 8.20. The van der Waals surface area contributed by atoms with Crippen molar-refractivity contribution < 1.29 is 17.5 Å². The molecule has 0 aliphatic carbocycles. The summed E-state index contributed by atoms with van der Waals surface area (Å²) < 4.78 is 41.8. The first-order valence-corrected chi connectivity index (χ1v) is 15.2. The summed E-state index contributed by atoms with van der Waals surface area (Å²) in [4.78, 5) is 11.0. The van der Waals surface area contributed by atoms with Crippen molar-refractivity contribution in [3.63, 3.8) is 0 Å². The number of nitrogens with zero attached hydrogens (tertiary/aromatic N) is 3. The number of ether oxygens (including phenoxy) is 1. The van der Waals surface area contributed by atoms with Gasteiger partial charge >= 0.3 is 0 Å². The third-order valence-electron chi connectivity index (χ3n) is 6.03. The molecule has 8 nitrogen and oxygen atoms in total. The number of thiazole rings is 1. The van der Waals surface area contributed by atoms with Crippen molar-refractivity contribution >= 4 is 43.6 Å². The van der Waals surface area contributed by atoms with Crippen LogP contribution in [0, 0.1) is 5.82 Å². The summed E-state index contributed by atoms with van der Waals surface area (Å²) in [5, 5.41) is 8.50. The molecule has 0 bridgehead atoms. The van der Waals surface area contributed by atoms with Gasteiger partial charge in [-0.3, -0.25) is 4.98 Å². The standard InChI is InChI=1S/C28H28FN5O3S2/c1-39(35,36)12-10-30-16-27-32-17-28(38-27)34-11-9-21-14-31-15-26(25(21)18-34)33-23-5-7-24(8-6-23)37-19-20-3-2-4-22(29)13-20/h2-9,11,13-15,17,30,33H,10,12,16,18-19H2,1H3. The Hall–Kier alpha value is -3.80. The highest BCUT2D eigenvalue weighted by molar-refractivity contribution is 7.90. The van der Waals surface area contributed by atoms with Gasteiger partial charge in [0, 0.05) is 48.6 Å². The van der Waals surface area contributed by atoms with E-state index >= 15 is 0 Å². The number of fused-ring (bicyclic) bond motifs is 1. The average Bonchev–Trinajstić information content (AvgIpc) is 3.39. The molecule has 0 unspecified atom stereocenters. The summed E-state index contributed by atoms with van der Waals surface area (Å²) in [7, 11) is -2.99. The monoisotopic (exact) mass is 565 g/mol. The van der Waals surface area contributed by atoms with Gasteiger partial charge < -0.3 is 20.3 Å². The molecule has 202 valence electrons. The second-order valence-electron chi connectivity index (χ2n) is 9.17. The van der Waals surface area contributed by atoms with E-state index in [9.17, 15) is 12.8 Å². The summed E-state index contributed by atoms with van der Waals surface area (Å²) in [6, 6.07) is 14.0. The molecule has 0 fully saturated rings. The van der Waals surface area contributed by atoms with Crippen molar-refractivity contribution in [2.24, 2.45) is 0 Å². The minimum atomic E-state index is -2.99. The molecule has 0 spiro atoms. The predicted molar refractivity (Wildman–Crippen MR) is 153 cm³/mol. The van der Waals surface area contributed by atoms with Crippen LogP contribution >= 0.6 is 11.3 Å². The zero-order chi connectivity index (χ0) is 27.2. The number of pyridine rings is 1. The number of sulfone groups is 1. The highest BCUT2D eigenvalue weighted by Gasteiger charge is 2.18. The Labute approximate surface area is 231 Å². The molecule has 0 amide bonds. The number of nitrogens with one attached hydrogen (secondary N) is 2. The third-order valence-corrected chi connectivity index (χ3v) is 8.01. The molecule has 11 heteroatoms. The maximum Gasteiger partial charge on any atom is 0.148 e. The molecular weight excluding hydrogens is 537 g/mol. The van der Waals surface area contributed by atoms with Crippen molar-refractivity contribution in [1.29, 1.82) is 0 Å². The van der Waals surface area contributed by atoms with Gasteiger partial charge in [-0.15, -0.1) is 0 Å². The van der Waals surface area contributed by atoms with Crippen LogP contribution in [0.25, 0.3) is 6.08 Å². The van der Waals surface area contributed by atoms with Gasteiger partial charge in [-0.1, -0.05) is 23.5 Å². The maximum atomic E-state index is 13.4. The first-order chi connectivity index (χ1) is 18.8. The second-order valence-corrected chi connectivity index (χ2v) is 12.5. The average molecular weight is 566 g/mol. The van der Waals surface area contributed by atoms with E-state index in [1.54, 1.807) is 17.4 Å². The quantitative estimate of drug-likeness (QED) is 0.242. The van der Waals surface area contributed by atoms with Crippen LogP contribution in [0.1, 0.15) is 21.7 Å². The molecular formula is C28H28FN5O3S2. The number of anilines is 3. The normalized spacial score (nSPS) is 12.8. The number of benzene rings is 2. The molecule has 4 aromatic rings. The lowest BCUT2D eigenvalue weighted by Crippen LogP contribution is -2.21. The minimum absolute atomic E-state index is 0.103. The van der Waals surface area contributed by atoms with Crippen molar-refractivity contribution in [2.75, 3.05) is 28.8 Å². The SMILES string of the molecule is CS(=O)(=O)CCNCc1ncc(N2C=Cc3cncc(Nc4ccc(OCc5cccc(F)c5)cc4)c3C2)s1. The summed E-state index contributed by atoms with van der Waals surface area (Å²) in [5.74, 6) is 0.517. The van der Waals surface area contributed by atoms with Crippen LogP contribution in [-0.4, -0.2) is 36.9 Å². The lowest BCUT2D eigenvalue weighted by molar-refractivity contribution is 0.305. The van der Waals surface area contributed by atoms with E-state index < -0.39 is 9.84 Å². The van der Waals surface area contributed by atoms with Gasteiger partial charge in [-0.25, -0.2) is 17.8 Å². The molecule has 0 saturated heterocycles.